The summed E-state index contributed by atoms with van der Waals surface area (Å²) in [7, 11) is 0. The average molecular weight is 106 g/mol. The fraction of sp³-hybridized carbons (Fsp3) is 0. The number of fused-ring (bicyclic) bond motifs is 1. The maximum atomic E-state index is 3.80. The van der Waals surface area contributed by atoms with E-state index in [0.717, 1.165) is 11.3 Å². The molecule has 0 aliphatic carbocycles. The minimum Gasteiger partial charge on any atom is -0.365 e. The van der Waals surface area contributed by atoms with Gasteiger partial charge in [-0.25, -0.2) is 0 Å². The zero-order valence-electron chi connectivity index (χ0n) is 4.13. The van der Waals surface area contributed by atoms with Crippen LogP contribution in [0.15, 0.2) is 17.5 Å². The maximum Gasteiger partial charge on any atom is 0.112 e. The number of nitrogens with zero attached hydrogens (tertiary/aromatic N) is 2. The summed E-state index contributed by atoms with van der Waals surface area (Å²) >= 11 is 0. The van der Waals surface area contributed by atoms with Gasteiger partial charge >= 0.3 is 0 Å². The van der Waals surface area contributed by atoms with Crippen molar-refractivity contribution in [1.29, 1.82) is 0 Å². The van der Waals surface area contributed by atoms with Gasteiger partial charge in [0.15, 0.2) is 0 Å². The van der Waals surface area contributed by atoms with E-state index in [1.165, 1.54) is 0 Å². The third-order valence-corrected chi connectivity index (χ3v) is 1.12. The van der Waals surface area contributed by atoms with Gasteiger partial charge in [0, 0.05) is 18.0 Å². The second-order valence-electron chi connectivity index (χ2n) is 1.64. The Hall–Kier alpha value is -1.25. The first-order valence-corrected chi connectivity index (χ1v) is 2.38. The maximum absolute atomic E-state index is 3.80. The van der Waals surface area contributed by atoms with Crippen molar-refractivity contribution in [3.05, 3.63) is 18.0 Å². The van der Waals surface area contributed by atoms with Crippen molar-refractivity contribution in [1.82, 2.24) is 10.4 Å². The molecule has 2 heterocycles. The van der Waals surface area contributed by atoms with Gasteiger partial charge in [0.2, 0.25) is 0 Å². The van der Waals surface area contributed by atoms with Crippen LogP contribution in [-0.4, -0.2) is 11.2 Å². The molecule has 1 aliphatic heterocycles. The Balaban J connectivity index is 2.67. The number of aromatic nitrogens is 1. The summed E-state index contributed by atoms with van der Waals surface area (Å²) in [6, 6.07) is 0. The number of nitrogens with one attached hydrogen (secondary N) is 1. The molecule has 0 saturated carbocycles. The van der Waals surface area contributed by atoms with Gasteiger partial charge in [-0.3, -0.25) is 0 Å². The van der Waals surface area contributed by atoms with Gasteiger partial charge in [-0.05, 0) is 0 Å². The summed E-state index contributed by atoms with van der Waals surface area (Å²) in [6.07, 6.45) is 5.42. The summed E-state index contributed by atoms with van der Waals surface area (Å²) in [6.45, 7) is 0. The summed E-state index contributed by atoms with van der Waals surface area (Å²) in [5.74, 6) is 0. The van der Waals surface area contributed by atoms with E-state index in [0.29, 0.717) is 0 Å². The van der Waals surface area contributed by atoms with Crippen LogP contribution in [0.25, 0.3) is 0 Å². The number of hydrogen-bond donors (Lipinski definition) is 1. The summed E-state index contributed by atoms with van der Waals surface area (Å²) in [5.41, 5.74) is 5.81. The summed E-state index contributed by atoms with van der Waals surface area (Å²) < 4.78 is 0. The molecule has 0 amide bonds. The van der Waals surface area contributed by atoms with Gasteiger partial charge < -0.3 is 4.98 Å². The molecule has 0 spiro atoms. The molecular formula is C5H4N3. The molecule has 1 aromatic heterocycles. The first kappa shape index (κ1) is 3.72. The largest absolute Gasteiger partial charge is 0.365 e. The molecule has 1 N–H and O–H groups in total. The van der Waals surface area contributed by atoms with E-state index < -0.39 is 0 Å². The first-order chi connectivity index (χ1) is 3.97. The number of H-pyrrole nitrogens is 1. The molecule has 1 aromatic rings. The Labute approximate surface area is 46.4 Å². The average Bonchev–Trinajstić information content (AvgIpc) is 2.15. The van der Waals surface area contributed by atoms with Crippen molar-refractivity contribution in [3.63, 3.8) is 0 Å². The fourth-order valence-corrected chi connectivity index (χ4v) is 0.711. The Kier molecular flexibility index (Phi) is 0.521. The molecule has 2 rings (SSSR count). The molecule has 0 atom stereocenters. The van der Waals surface area contributed by atoms with Crippen molar-refractivity contribution in [2.24, 2.45) is 5.10 Å². The van der Waals surface area contributed by atoms with E-state index in [4.69, 9.17) is 0 Å². The second-order valence-corrected chi connectivity index (χ2v) is 1.64. The van der Waals surface area contributed by atoms with Crippen molar-refractivity contribution in [3.8, 4) is 0 Å². The van der Waals surface area contributed by atoms with Gasteiger partial charge in [0.05, 0.1) is 6.21 Å². The van der Waals surface area contributed by atoms with Crippen LogP contribution in [0, 0.1) is 0 Å². The molecule has 3 nitrogen and oxygen atoms in total. The number of aromatic amines is 1. The lowest BCUT2D eigenvalue weighted by atomic mass is 10.3. The minimum absolute atomic E-state index is 0.935. The van der Waals surface area contributed by atoms with Crippen LogP contribution in [0.2, 0.25) is 0 Å². The van der Waals surface area contributed by atoms with Crippen molar-refractivity contribution in [2.75, 3.05) is 0 Å². The van der Waals surface area contributed by atoms with E-state index in [9.17, 15) is 0 Å². The molecule has 1 radical (unpaired) electrons. The topological polar surface area (TPSA) is 42.2 Å². The minimum atomic E-state index is 0.935. The SMILES string of the molecule is C1=N[N]c2c[nH]cc21. The highest BCUT2D eigenvalue weighted by Crippen LogP contribution is 2.15. The number of rotatable bonds is 0. The predicted octanol–water partition coefficient (Wildman–Crippen LogP) is 0.598. The lowest BCUT2D eigenvalue weighted by molar-refractivity contribution is 0.990. The van der Waals surface area contributed by atoms with Crippen LogP contribution in [0.4, 0.5) is 5.69 Å². The van der Waals surface area contributed by atoms with E-state index in [2.05, 4.69) is 15.5 Å². The van der Waals surface area contributed by atoms with Crippen LogP contribution >= 0.6 is 0 Å². The van der Waals surface area contributed by atoms with Crippen LogP contribution < -0.4 is 5.43 Å². The standard InChI is InChI=1S/C5H4N3/c1-4-2-7-8-5(4)3-6-1/h1-3,6H. The van der Waals surface area contributed by atoms with E-state index in [-0.39, 0.29) is 0 Å². The van der Waals surface area contributed by atoms with Crippen LogP contribution in [-0.2, 0) is 0 Å². The van der Waals surface area contributed by atoms with Crippen LogP contribution in [0.1, 0.15) is 5.56 Å². The normalized spacial score (nSPS) is 13.5. The highest BCUT2D eigenvalue weighted by atomic mass is 15.3. The van der Waals surface area contributed by atoms with Gasteiger partial charge in [-0.2, -0.15) is 5.10 Å². The molecule has 8 heavy (non-hydrogen) atoms. The third-order valence-electron chi connectivity index (χ3n) is 1.12. The monoisotopic (exact) mass is 106 g/mol. The molecule has 0 saturated heterocycles. The second kappa shape index (κ2) is 1.12. The smallest absolute Gasteiger partial charge is 0.112 e. The Bertz CT molecular complexity index is 223. The predicted molar refractivity (Wildman–Crippen MR) is 30.2 cm³/mol. The molecule has 39 valence electrons. The van der Waals surface area contributed by atoms with Crippen LogP contribution in [0.5, 0.6) is 0 Å². The van der Waals surface area contributed by atoms with Gasteiger partial charge in [0.1, 0.15) is 5.69 Å². The third kappa shape index (κ3) is 0.307. The van der Waals surface area contributed by atoms with E-state index in [1.807, 2.05) is 12.4 Å². The fourth-order valence-electron chi connectivity index (χ4n) is 0.711. The van der Waals surface area contributed by atoms with Crippen LogP contribution in [0.3, 0.4) is 0 Å². The van der Waals surface area contributed by atoms with Gasteiger partial charge in [0.25, 0.3) is 0 Å². The Morgan fingerprint density at radius 3 is 3.25 bits per heavy atom. The first-order valence-electron chi connectivity index (χ1n) is 2.38. The van der Waals surface area contributed by atoms with Gasteiger partial charge in [-0.1, -0.05) is 0 Å². The molecule has 1 aliphatic rings. The lowest BCUT2D eigenvalue weighted by Crippen LogP contribution is -1.73. The zero-order valence-corrected chi connectivity index (χ0v) is 4.13. The van der Waals surface area contributed by atoms with E-state index >= 15 is 0 Å². The zero-order chi connectivity index (χ0) is 5.40. The summed E-state index contributed by atoms with van der Waals surface area (Å²) in [4.78, 5) is 2.92. The lowest BCUT2D eigenvalue weighted by Gasteiger charge is -1.77. The highest BCUT2D eigenvalue weighted by Gasteiger charge is 2.05. The number of hydrogen-bond acceptors (Lipinski definition) is 1. The molecule has 0 bridgehead atoms. The van der Waals surface area contributed by atoms with Crippen molar-refractivity contribution in [2.45, 2.75) is 0 Å². The molecule has 0 unspecified atom stereocenters. The van der Waals surface area contributed by atoms with E-state index in [1.54, 1.807) is 6.21 Å². The van der Waals surface area contributed by atoms with Crippen molar-refractivity contribution >= 4 is 11.9 Å². The van der Waals surface area contributed by atoms with Gasteiger partial charge in [-0.15, -0.1) is 5.43 Å². The van der Waals surface area contributed by atoms with Crippen molar-refractivity contribution < 1.29 is 0 Å². The molecule has 3 heteroatoms. The molecular weight excluding hydrogens is 102 g/mol. The molecule has 0 aromatic carbocycles. The summed E-state index contributed by atoms with van der Waals surface area (Å²) in [5, 5.41) is 3.69. The Morgan fingerprint density at radius 2 is 2.38 bits per heavy atom. The Morgan fingerprint density at radius 1 is 1.38 bits per heavy atom. The molecule has 0 fully saturated rings. The quantitative estimate of drug-likeness (QED) is 0.503. The highest BCUT2D eigenvalue weighted by molar-refractivity contribution is 5.88.